The highest BCUT2D eigenvalue weighted by atomic mass is 31.1. The van der Waals surface area contributed by atoms with E-state index >= 15 is 0 Å². The van der Waals surface area contributed by atoms with Crippen LogP contribution in [0.5, 0.6) is 0 Å². The molecule has 0 aliphatic rings. The lowest BCUT2D eigenvalue weighted by Gasteiger charge is -2.05. The minimum Gasteiger partial charge on any atom is -0.466 e. The lowest BCUT2D eigenvalue weighted by atomic mass is 10.1. The summed E-state index contributed by atoms with van der Waals surface area (Å²) in [5.41, 5.74) is 2.41. The van der Waals surface area contributed by atoms with Crippen LogP contribution < -0.4 is 5.30 Å². The summed E-state index contributed by atoms with van der Waals surface area (Å²) in [4.78, 5) is 11.3. The predicted octanol–water partition coefficient (Wildman–Crippen LogP) is 3.22. The van der Waals surface area contributed by atoms with Crippen LogP contribution in [0.1, 0.15) is 6.92 Å². The lowest BCUT2D eigenvalue weighted by Crippen LogP contribution is -2.08. The van der Waals surface area contributed by atoms with E-state index in [9.17, 15) is 4.79 Å². The van der Waals surface area contributed by atoms with Crippen LogP contribution in [-0.4, -0.2) is 18.7 Å². The van der Waals surface area contributed by atoms with Crippen LogP contribution in [-0.2, 0) is 9.53 Å². The first-order valence-electron chi connectivity index (χ1n) is 6.34. The van der Waals surface area contributed by atoms with E-state index in [0.29, 0.717) is 21.3 Å². The molecule has 0 aromatic heterocycles. The Morgan fingerprint density at radius 1 is 1.00 bits per heavy atom. The Morgan fingerprint density at radius 2 is 1.63 bits per heavy atom. The second-order valence-corrected chi connectivity index (χ2v) is 5.39. The van der Waals surface area contributed by atoms with Gasteiger partial charge in [0.15, 0.2) is 0 Å². The first kappa shape index (κ1) is 13.8. The molecule has 19 heavy (non-hydrogen) atoms. The maximum Gasteiger partial charge on any atom is 0.310 e. The molecule has 2 aromatic rings. The molecule has 0 amide bonds. The van der Waals surface area contributed by atoms with E-state index in [1.54, 1.807) is 0 Å². The van der Waals surface area contributed by atoms with Gasteiger partial charge in [-0.2, -0.15) is 0 Å². The molecule has 0 saturated carbocycles. The predicted molar refractivity (Wildman–Crippen MR) is 81.3 cm³/mol. The van der Waals surface area contributed by atoms with E-state index in [-0.39, 0.29) is 5.97 Å². The molecule has 0 heterocycles. The van der Waals surface area contributed by atoms with Gasteiger partial charge in [0.05, 0.1) is 12.8 Å². The Hall–Kier alpha value is -1.66. The highest BCUT2D eigenvalue weighted by Gasteiger charge is 2.03. The number of ether oxygens (including phenoxy) is 1. The summed E-state index contributed by atoms with van der Waals surface area (Å²) in [6, 6.07) is 18.6. The molecule has 3 heteroatoms. The molecule has 1 atom stereocenters. The van der Waals surface area contributed by atoms with Crippen LogP contribution in [0.3, 0.4) is 0 Å². The third-order valence-corrected chi connectivity index (χ3v) is 3.94. The standard InChI is InChI=1S/C16H17O2P/c1-2-18-16(17)12-19-15-10-8-14(9-11-15)13-6-4-3-5-7-13/h3-11,19H,2,12H2,1H3. The summed E-state index contributed by atoms with van der Waals surface area (Å²) < 4.78 is 4.92. The van der Waals surface area contributed by atoms with Gasteiger partial charge in [-0.1, -0.05) is 63.2 Å². The zero-order valence-electron chi connectivity index (χ0n) is 10.9. The van der Waals surface area contributed by atoms with Crippen molar-refractivity contribution < 1.29 is 9.53 Å². The minimum atomic E-state index is -0.118. The van der Waals surface area contributed by atoms with Crippen molar-refractivity contribution in [2.75, 3.05) is 12.8 Å². The van der Waals surface area contributed by atoms with Crippen molar-refractivity contribution >= 4 is 19.9 Å². The monoisotopic (exact) mass is 272 g/mol. The Morgan fingerprint density at radius 3 is 2.26 bits per heavy atom. The van der Waals surface area contributed by atoms with Gasteiger partial charge in [0, 0.05) is 0 Å². The second kappa shape index (κ2) is 7.06. The Labute approximate surface area is 115 Å². The van der Waals surface area contributed by atoms with Crippen LogP contribution in [0.2, 0.25) is 0 Å². The molecule has 0 N–H and O–H groups in total. The van der Waals surface area contributed by atoms with Gasteiger partial charge in [-0.15, -0.1) is 0 Å². The van der Waals surface area contributed by atoms with Gasteiger partial charge in [-0.3, -0.25) is 4.79 Å². The maximum atomic E-state index is 11.3. The van der Waals surface area contributed by atoms with Crippen LogP contribution in [0, 0.1) is 0 Å². The quantitative estimate of drug-likeness (QED) is 0.617. The maximum absolute atomic E-state index is 11.3. The third-order valence-electron chi connectivity index (χ3n) is 2.73. The first-order valence-corrected chi connectivity index (χ1v) is 7.55. The lowest BCUT2D eigenvalue weighted by molar-refractivity contribution is -0.139. The van der Waals surface area contributed by atoms with Crippen LogP contribution >= 0.6 is 8.58 Å². The number of hydrogen-bond donors (Lipinski definition) is 0. The molecule has 1 unspecified atom stereocenters. The number of rotatable bonds is 5. The summed E-state index contributed by atoms with van der Waals surface area (Å²) in [5, 5.41) is 1.19. The van der Waals surface area contributed by atoms with E-state index in [0.717, 1.165) is 0 Å². The summed E-state index contributed by atoms with van der Waals surface area (Å²) in [6.45, 7) is 2.28. The smallest absolute Gasteiger partial charge is 0.310 e. The molecule has 0 bridgehead atoms. The number of benzene rings is 2. The van der Waals surface area contributed by atoms with Crippen LogP contribution in [0.15, 0.2) is 54.6 Å². The van der Waals surface area contributed by atoms with Gasteiger partial charge in [0.2, 0.25) is 0 Å². The van der Waals surface area contributed by atoms with E-state index in [1.807, 2.05) is 25.1 Å². The molecule has 0 fully saturated rings. The zero-order chi connectivity index (χ0) is 13.5. The Bertz CT molecular complexity index is 520. The van der Waals surface area contributed by atoms with Gasteiger partial charge in [-0.05, 0) is 23.4 Å². The summed E-state index contributed by atoms with van der Waals surface area (Å²) in [7, 11) is 0.474. The molecule has 98 valence electrons. The first-order chi connectivity index (χ1) is 9.29. The van der Waals surface area contributed by atoms with Crippen molar-refractivity contribution in [3.63, 3.8) is 0 Å². The molecular formula is C16H17O2P. The van der Waals surface area contributed by atoms with E-state index in [1.165, 1.54) is 16.4 Å². The molecule has 0 aliphatic heterocycles. The van der Waals surface area contributed by atoms with Gasteiger partial charge < -0.3 is 4.74 Å². The van der Waals surface area contributed by atoms with Gasteiger partial charge >= 0.3 is 5.97 Å². The molecule has 2 nitrogen and oxygen atoms in total. The van der Waals surface area contributed by atoms with Gasteiger partial charge in [0.25, 0.3) is 0 Å². The summed E-state index contributed by atoms with van der Waals surface area (Å²) in [5.74, 6) is -0.118. The summed E-state index contributed by atoms with van der Waals surface area (Å²) >= 11 is 0. The van der Waals surface area contributed by atoms with E-state index in [2.05, 4.69) is 36.4 Å². The van der Waals surface area contributed by atoms with Crippen LogP contribution in [0.4, 0.5) is 0 Å². The highest BCUT2D eigenvalue weighted by molar-refractivity contribution is 7.48. The Balaban J connectivity index is 1.97. The molecule has 0 spiro atoms. The molecule has 2 rings (SSSR count). The third kappa shape index (κ3) is 4.18. The molecule has 0 saturated heterocycles. The van der Waals surface area contributed by atoms with E-state index in [4.69, 9.17) is 4.74 Å². The normalized spacial score (nSPS) is 10.8. The number of carbonyl (C=O) groups is 1. The van der Waals surface area contributed by atoms with Crippen molar-refractivity contribution in [3.8, 4) is 11.1 Å². The van der Waals surface area contributed by atoms with E-state index < -0.39 is 0 Å². The van der Waals surface area contributed by atoms with Gasteiger partial charge in [0.1, 0.15) is 0 Å². The van der Waals surface area contributed by atoms with Crippen molar-refractivity contribution in [1.82, 2.24) is 0 Å². The van der Waals surface area contributed by atoms with Crippen molar-refractivity contribution in [2.24, 2.45) is 0 Å². The number of hydrogen-bond acceptors (Lipinski definition) is 2. The molecule has 0 radical (unpaired) electrons. The van der Waals surface area contributed by atoms with Crippen molar-refractivity contribution in [3.05, 3.63) is 54.6 Å². The van der Waals surface area contributed by atoms with Gasteiger partial charge in [-0.25, -0.2) is 0 Å². The molecule has 0 aliphatic carbocycles. The average Bonchev–Trinajstić information content (AvgIpc) is 2.47. The highest BCUT2D eigenvalue weighted by Crippen LogP contribution is 2.19. The second-order valence-electron chi connectivity index (χ2n) is 4.10. The average molecular weight is 272 g/mol. The largest absolute Gasteiger partial charge is 0.466 e. The molecule has 2 aromatic carbocycles. The number of carbonyl (C=O) groups excluding carboxylic acids is 1. The fourth-order valence-electron chi connectivity index (χ4n) is 1.80. The fourth-order valence-corrected chi connectivity index (χ4v) is 2.65. The Kier molecular flexibility index (Phi) is 5.11. The van der Waals surface area contributed by atoms with Crippen molar-refractivity contribution in [1.29, 1.82) is 0 Å². The minimum absolute atomic E-state index is 0.118. The van der Waals surface area contributed by atoms with Crippen molar-refractivity contribution in [2.45, 2.75) is 6.92 Å². The topological polar surface area (TPSA) is 26.3 Å². The SMILES string of the molecule is CCOC(=O)CPc1ccc(-c2ccccc2)cc1. The fraction of sp³-hybridized carbons (Fsp3) is 0.188. The van der Waals surface area contributed by atoms with Crippen LogP contribution in [0.25, 0.3) is 11.1 Å². The zero-order valence-corrected chi connectivity index (χ0v) is 11.9. The summed E-state index contributed by atoms with van der Waals surface area (Å²) in [6.07, 6.45) is 0.471. The molecular weight excluding hydrogens is 255 g/mol. The number of esters is 1.